The van der Waals surface area contributed by atoms with Crippen molar-refractivity contribution in [1.82, 2.24) is 0 Å². The number of rotatable bonds is 2. The predicted octanol–water partition coefficient (Wildman–Crippen LogP) is 0.963. The van der Waals surface area contributed by atoms with E-state index in [4.69, 9.17) is 10.5 Å². The summed E-state index contributed by atoms with van der Waals surface area (Å²) in [4.78, 5) is 0. The molecule has 0 aliphatic heterocycles. The van der Waals surface area contributed by atoms with Crippen LogP contribution in [-0.4, -0.2) is 16.4 Å². The summed E-state index contributed by atoms with van der Waals surface area (Å²) in [6, 6.07) is 0. The number of aliphatic hydroxyl groups is 1. The van der Waals surface area contributed by atoms with Gasteiger partial charge >= 0.3 is 0 Å². The minimum absolute atomic E-state index is 0.150. The highest BCUT2D eigenvalue weighted by atomic mass is 16.3. The molecule has 8 heavy (non-hydrogen) atoms. The van der Waals surface area contributed by atoms with Crippen LogP contribution in [0.25, 0.3) is 0 Å². The van der Waals surface area contributed by atoms with Gasteiger partial charge in [0.05, 0.1) is 5.71 Å². The van der Waals surface area contributed by atoms with Gasteiger partial charge in [0.25, 0.3) is 0 Å². The Labute approximate surface area is 49.4 Å². The van der Waals surface area contributed by atoms with E-state index in [1.807, 2.05) is 0 Å². The molecule has 0 spiro atoms. The molecule has 0 saturated carbocycles. The van der Waals surface area contributed by atoms with Gasteiger partial charge in [-0.05, 0) is 19.9 Å². The Morgan fingerprint density at radius 2 is 2.12 bits per heavy atom. The maximum Gasteiger partial charge on any atom is 0.100 e. The minimum Gasteiger partial charge on any atom is -0.384 e. The molecular weight excluding hydrogens is 102 g/mol. The molecule has 0 heterocycles. The largest absolute Gasteiger partial charge is 0.384 e. The van der Waals surface area contributed by atoms with Gasteiger partial charge in [-0.3, -0.25) is 0 Å². The second-order valence-electron chi connectivity index (χ2n) is 2.18. The second-order valence-corrected chi connectivity index (χ2v) is 2.18. The minimum atomic E-state index is -1.03. The van der Waals surface area contributed by atoms with Crippen molar-refractivity contribution in [1.29, 1.82) is 5.41 Å². The first-order valence-electron chi connectivity index (χ1n) is 2.42. The van der Waals surface area contributed by atoms with E-state index >= 15 is 0 Å². The lowest BCUT2D eigenvalue weighted by Crippen LogP contribution is -2.28. The fraction of sp³-hybridized carbons (Fsp3) is 0.500. The maximum absolute atomic E-state index is 8.99. The molecule has 0 saturated heterocycles. The smallest absolute Gasteiger partial charge is 0.100 e. The zero-order valence-corrected chi connectivity index (χ0v) is 5.23. The van der Waals surface area contributed by atoms with Gasteiger partial charge in [0.1, 0.15) is 5.60 Å². The van der Waals surface area contributed by atoms with Crippen LogP contribution in [0, 0.1) is 5.41 Å². The van der Waals surface area contributed by atoms with Crippen LogP contribution >= 0.6 is 0 Å². The first kappa shape index (κ1) is 7.37. The number of hydrogen-bond acceptors (Lipinski definition) is 2. The fourth-order valence-corrected chi connectivity index (χ4v) is 0.250. The Kier molecular flexibility index (Phi) is 1.93. The van der Waals surface area contributed by atoms with Crippen LogP contribution in [0.4, 0.5) is 0 Å². The van der Waals surface area contributed by atoms with Gasteiger partial charge in [0, 0.05) is 0 Å². The molecule has 0 rings (SSSR count). The van der Waals surface area contributed by atoms with Gasteiger partial charge in [-0.25, -0.2) is 0 Å². The average Bonchev–Trinajstić information content (AvgIpc) is 1.62. The third-order valence-corrected chi connectivity index (χ3v) is 0.863. The van der Waals surface area contributed by atoms with Crippen LogP contribution < -0.4 is 0 Å². The number of hydrogen-bond donors (Lipinski definition) is 2. The summed E-state index contributed by atoms with van der Waals surface area (Å²) in [5.41, 5.74) is -0.876. The molecule has 2 heteroatoms. The van der Waals surface area contributed by atoms with Crippen molar-refractivity contribution < 1.29 is 5.11 Å². The zero-order chi connectivity index (χ0) is 6.78. The van der Waals surface area contributed by atoms with Crippen LogP contribution in [0.15, 0.2) is 12.7 Å². The lowest BCUT2D eigenvalue weighted by molar-refractivity contribution is 0.154. The summed E-state index contributed by atoms with van der Waals surface area (Å²) in [5, 5.41) is 16.0. The Morgan fingerprint density at radius 1 is 1.75 bits per heavy atom. The zero-order valence-electron chi connectivity index (χ0n) is 5.23. The van der Waals surface area contributed by atoms with Gasteiger partial charge in [-0.15, -0.1) is 0 Å². The molecule has 0 radical (unpaired) electrons. The summed E-state index contributed by atoms with van der Waals surface area (Å²) < 4.78 is 0. The molecule has 0 bridgehead atoms. The van der Waals surface area contributed by atoms with Gasteiger partial charge in [0.2, 0.25) is 0 Å². The first-order valence-corrected chi connectivity index (χ1v) is 2.42. The normalized spacial score (nSPS) is 10.9. The summed E-state index contributed by atoms with van der Waals surface area (Å²) in [6.45, 7) is 6.45. The molecule has 0 aromatic heterocycles. The van der Waals surface area contributed by atoms with Crippen LogP contribution in [0.5, 0.6) is 0 Å². The lowest BCUT2D eigenvalue weighted by atomic mass is 10.0. The molecule has 0 unspecified atom stereocenters. The molecule has 0 aromatic rings. The molecule has 0 fully saturated rings. The van der Waals surface area contributed by atoms with Crippen molar-refractivity contribution in [3.8, 4) is 0 Å². The summed E-state index contributed by atoms with van der Waals surface area (Å²) in [5.74, 6) is 0. The molecule has 46 valence electrons. The molecule has 2 N–H and O–H groups in total. The molecule has 2 nitrogen and oxygen atoms in total. The van der Waals surface area contributed by atoms with Gasteiger partial charge in [-0.1, -0.05) is 6.58 Å². The average molecular weight is 113 g/mol. The van der Waals surface area contributed by atoms with Crippen LogP contribution in [0.1, 0.15) is 13.8 Å². The van der Waals surface area contributed by atoms with E-state index in [0.29, 0.717) is 0 Å². The van der Waals surface area contributed by atoms with Crippen molar-refractivity contribution in [2.45, 2.75) is 19.4 Å². The van der Waals surface area contributed by atoms with Gasteiger partial charge in [-0.2, -0.15) is 0 Å². The maximum atomic E-state index is 8.99. The SMILES string of the molecule is C=CC(=N)C(C)(C)O. The van der Waals surface area contributed by atoms with E-state index in [1.54, 1.807) is 13.8 Å². The van der Waals surface area contributed by atoms with Gasteiger partial charge in [0.15, 0.2) is 0 Å². The van der Waals surface area contributed by atoms with E-state index in [2.05, 4.69) is 6.58 Å². The highest BCUT2D eigenvalue weighted by molar-refractivity contribution is 5.97. The molecule has 0 aliphatic carbocycles. The van der Waals surface area contributed by atoms with Crippen molar-refractivity contribution in [3.05, 3.63) is 12.7 Å². The molecule has 0 atom stereocenters. The van der Waals surface area contributed by atoms with E-state index in [0.717, 1.165) is 0 Å². The Balaban J connectivity index is 4.02. The first-order chi connectivity index (χ1) is 3.48. The standard InChI is InChI=1S/C6H11NO/c1-4-5(7)6(2,3)8/h4,7-8H,1H2,2-3H3. The Morgan fingerprint density at radius 3 is 2.12 bits per heavy atom. The number of nitrogens with one attached hydrogen (secondary N) is 1. The molecule has 0 amide bonds. The molecular formula is C6H11NO. The second kappa shape index (κ2) is 2.09. The predicted molar refractivity (Wildman–Crippen MR) is 34.2 cm³/mol. The van der Waals surface area contributed by atoms with Crippen LogP contribution in [-0.2, 0) is 0 Å². The lowest BCUT2D eigenvalue weighted by Gasteiger charge is -2.14. The molecule has 0 aliphatic rings. The fourth-order valence-electron chi connectivity index (χ4n) is 0.250. The third kappa shape index (κ3) is 1.89. The summed E-state index contributed by atoms with van der Waals surface area (Å²) >= 11 is 0. The van der Waals surface area contributed by atoms with Crippen molar-refractivity contribution in [2.75, 3.05) is 0 Å². The van der Waals surface area contributed by atoms with Crippen LogP contribution in [0.2, 0.25) is 0 Å². The van der Waals surface area contributed by atoms with Crippen molar-refractivity contribution in [3.63, 3.8) is 0 Å². The topological polar surface area (TPSA) is 44.1 Å². The quantitative estimate of drug-likeness (QED) is 0.515. The van der Waals surface area contributed by atoms with Crippen molar-refractivity contribution in [2.24, 2.45) is 0 Å². The van der Waals surface area contributed by atoms with E-state index in [9.17, 15) is 0 Å². The third-order valence-electron chi connectivity index (χ3n) is 0.863. The van der Waals surface area contributed by atoms with Crippen molar-refractivity contribution >= 4 is 5.71 Å². The Hall–Kier alpha value is -0.630. The summed E-state index contributed by atoms with van der Waals surface area (Å²) in [6.07, 6.45) is 1.33. The summed E-state index contributed by atoms with van der Waals surface area (Å²) in [7, 11) is 0. The van der Waals surface area contributed by atoms with E-state index in [-0.39, 0.29) is 5.71 Å². The monoisotopic (exact) mass is 113 g/mol. The highest BCUT2D eigenvalue weighted by Gasteiger charge is 2.15. The van der Waals surface area contributed by atoms with Gasteiger partial charge < -0.3 is 10.5 Å². The molecule has 0 aromatic carbocycles. The van der Waals surface area contributed by atoms with E-state index < -0.39 is 5.60 Å². The van der Waals surface area contributed by atoms with E-state index in [1.165, 1.54) is 6.08 Å². The van der Waals surface area contributed by atoms with Crippen LogP contribution in [0.3, 0.4) is 0 Å². The Bertz CT molecular complexity index is 110. The highest BCUT2D eigenvalue weighted by Crippen LogP contribution is 2.02.